The first-order chi connectivity index (χ1) is 16.3. The molecule has 11 nitrogen and oxygen atoms in total. The molecule has 0 aromatic rings. The molecule has 2 fully saturated rings. The van der Waals surface area contributed by atoms with Gasteiger partial charge in [-0.1, -0.05) is 19.9 Å². The van der Waals surface area contributed by atoms with Crippen LogP contribution in [0, 0.1) is 5.41 Å². The first-order valence-corrected chi connectivity index (χ1v) is 11.9. The zero-order valence-corrected chi connectivity index (χ0v) is 20.5. The molecule has 3 rings (SSSR count). The maximum atomic E-state index is 11.5. The van der Waals surface area contributed by atoms with E-state index in [9.17, 15) is 35.4 Å². The number of carbonyl (C=O) groups excluding carboxylic acids is 1. The van der Waals surface area contributed by atoms with Crippen molar-refractivity contribution >= 4 is 5.78 Å². The Labute approximate surface area is 204 Å². The van der Waals surface area contributed by atoms with Gasteiger partial charge in [0.2, 0.25) is 0 Å². The number of hydrogen-bond acceptors (Lipinski definition) is 11. The molecule has 10 atom stereocenters. The monoisotopic (exact) mass is 502 g/mol. The zero-order chi connectivity index (χ0) is 26.1. The number of aliphatic hydroxyl groups excluding tert-OH is 6. The van der Waals surface area contributed by atoms with Crippen molar-refractivity contribution in [3.05, 3.63) is 23.3 Å². The molecule has 0 radical (unpaired) electrons. The van der Waals surface area contributed by atoms with Gasteiger partial charge in [0.05, 0.1) is 19.3 Å². The summed E-state index contributed by atoms with van der Waals surface area (Å²) in [7, 11) is 0. The van der Waals surface area contributed by atoms with E-state index in [0.29, 0.717) is 6.42 Å². The average molecular weight is 503 g/mol. The highest BCUT2D eigenvalue weighted by molar-refractivity contribution is 5.87. The predicted octanol–water partition coefficient (Wildman–Crippen LogP) is -1.08. The number of rotatable bonds is 7. The predicted molar refractivity (Wildman–Crippen MR) is 121 cm³/mol. The summed E-state index contributed by atoms with van der Waals surface area (Å²) in [6.45, 7) is 6.89. The number of carbonyl (C=O) groups is 1. The minimum absolute atomic E-state index is 0.0794. The molecule has 0 unspecified atom stereocenters. The van der Waals surface area contributed by atoms with E-state index in [0.717, 1.165) is 17.6 Å². The fourth-order valence-corrected chi connectivity index (χ4v) is 4.72. The summed E-state index contributed by atoms with van der Waals surface area (Å²) in [6, 6.07) is 0. The summed E-state index contributed by atoms with van der Waals surface area (Å²) in [5.74, 6) is -0.0794. The molecule has 0 saturated carbocycles. The van der Waals surface area contributed by atoms with Crippen molar-refractivity contribution in [3.63, 3.8) is 0 Å². The molecule has 2 heterocycles. The van der Waals surface area contributed by atoms with Gasteiger partial charge in [0.25, 0.3) is 0 Å². The molecule has 6 N–H and O–H groups in total. The van der Waals surface area contributed by atoms with E-state index in [1.807, 2.05) is 6.92 Å². The van der Waals surface area contributed by atoms with Crippen molar-refractivity contribution in [2.75, 3.05) is 13.2 Å². The molecule has 0 aromatic carbocycles. The number of allylic oxidation sites excluding steroid dienone is 3. The Bertz CT molecular complexity index is 809. The molecule has 2 aliphatic heterocycles. The molecule has 0 bridgehead atoms. The lowest BCUT2D eigenvalue weighted by molar-refractivity contribution is -0.326. The summed E-state index contributed by atoms with van der Waals surface area (Å²) in [4.78, 5) is 11.5. The third-order valence-corrected chi connectivity index (χ3v) is 7.00. The molecule has 200 valence electrons. The minimum Gasteiger partial charge on any atom is -0.388 e. The molecule has 0 aromatic heterocycles. The Morgan fingerprint density at radius 3 is 2.34 bits per heavy atom. The molecule has 2 saturated heterocycles. The van der Waals surface area contributed by atoms with E-state index in [4.69, 9.17) is 18.9 Å². The van der Waals surface area contributed by atoms with Gasteiger partial charge in [-0.2, -0.15) is 0 Å². The van der Waals surface area contributed by atoms with Crippen molar-refractivity contribution in [2.24, 2.45) is 5.41 Å². The Hall–Kier alpha value is -1.25. The maximum Gasteiger partial charge on any atom is 0.187 e. The van der Waals surface area contributed by atoms with Crippen molar-refractivity contribution in [1.29, 1.82) is 0 Å². The van der Waals surface area contributed by atoms with Gasteiger partial charge in [-0.05, 0) is 49.3 Å². The van der Waals surface area contributed by atoms with Crippen LogP contribution in [0.2, 0.25) is 0 Å². The van der Waals surface area contributed by atoms with Crippen molar-refractivity contribution < 1.29 is 54.4 Å². The summed E-state index contributed by atoms with van der Waals surface area (Å²) < 4.78 is 22.4. The Morgan fingerprint density at radius 2 is 1.69 bits per heavy atom. The van der Waals surface area contributed by atoms with E-state index < -0.39 is 61.4 Å². The second kappa shape index (κ2) is 11.4. The van der Waals surface area contributed by atoms with Crippen molar-refractivity contribution in [1.82, 2.24) is 0 Å². The maximum absolute atomic E-state index is 11.5. The van der Waals surface area contributed by atoms with Gasteiger partial charge in [-0.3, -0.25) is 4.79 Å². The lowest BCUT2D eigenvalue weighted by Gasteiger charge is -2.44. The van der Waals surface area contributed by atoms with Crippen molar-refractivity contribution in [2.45, 2.75) is 102 Å². The van der Waals surface area contributed by atoms with Gasteiger partial charge in [-0.15, -0.1) is 0 Å². The van der Waals surface area contributed by atoms with Gasteiger partial charge >= 0.3 is 0 Å². The fourth-order valence-electron chi connectivity index (χ4n) is 4.72. The van der Waals surface area contributed by atoms with Crippen LogP contribution >= 0.6 is 0 Å². The Morgan fingerprint density at radius 1 is 1.03 bits per heavy atom. The lowest BCUT2D eigenvalue weighted by atomic mass is 9.71. The van der Waals surface area contributed by atoms with Crippen LogP contribution in [0.4, 0.5) is 0 Å². The highest BCUT2D eigenvalue weighted by Gasteiger charge is 2.47. The number of ketones is 1. The van der Waals surface area contributed by atoms with Crippen LogP contribution in [0.15, 0.2) is 23.3 Å². The molecule has 1 aliphatic carbocycles. The molecule has 35 heavy (non-hydrogen) atoms. The highest BCUT2D eigenvalue weighted by Crippen LogP contribution is 2.42. The Balaban J connectivity index is 1.70. The fraction of sp³-hybridized carbons (Fsp3) is 0.792. The van der Waals surface area contributed by atoms with Gasteiger partial charge in [0.15, 0.2) is 18.4 Å². The van der Waals surface area contributed by atoms with E-state index in [2.05, 4.69) is 13.8 Å². The average Bonchev–Trinajstić information content (AvgIpc) is 2.79. The normalized spacial score (nSPS) is 42.5. The van der Waals surface area contributed by atoms with E-state index in [1.54, 1.807) is 6.08 Å². The van der Waals surface area contributed by atoms with Crippen LogP contribution < -0.4 is 0 Å². The van der Waals surface area contributed by atoms with Gasteiger partial charge < -0.3 is 49.6 Å². The zero-order valence-electron chi connectivity index (χ0n) is 20.5. The Kier molecular flexibility index (Phi) is 9.25. The molecular formula is C24H38O11. The second-order valence-electron chi connectivity index (χ2n) is 10.2. The summed E-state index contributed by atoms with van der Waals surface area (Å²) in [6.07, 6.45) is -8.42. The third-order valence-electron chi connectivity index (χ3n) is 7.00. The highest BCUT2D eigenvalue weighted by atomic mass is 16.7. The van der Waals surface area contributed by atoms with Crippen LogP contribution in [-0.4, -0.2) is 111 Å². The van der Waals surface area contributed by atoms with Crippen LogP contribution in [0.25, 0.3) is 0 Å². The molecule has 3 aliphatic rings. The minimum atomic E-state index is -1.59. The molecule has 0 amide bonds. The second-order valence-corrected chi connectivity index (χ2v) is 10.2. The summed E-state index contributed by atoms with van der Waals surface area (Å²) in [5, 5.41) is 60.7. The SMILES string of the molecule is CC(=O)/C=C/C1=C(C)[C@@H](O[C@@H]2O[C@H](CO[C@@H]3OC[C@H](O)[C@H](O)[C@H]3O)[C@@H](O)[C@H](O)[C@H]2O)CCC1(C)C. The number of ether oxygens (including phenoxy) is 4. The first-order valence-electron chi connectivity index (χ1n) is 11.9. The van der Waals surface area contributed by atoms with E-state index >= 15 is 0 Å². The van der Waals surface area contributed by atoms with E-state index in [1.165, 1.54) is 13.0 Å². The van der Waals surface area contributed by atoms with Crippen LogP contribution in [-0.2, 0) is 23.7 Å². The van der Waals surface area contributed by atoms with Crippen LogP contribution in [0.1, 0.15) is 40.5 Å². The summed E-state index contributed by atoms with van der Waals surface area (Å²) in [5.41, 5.74) is 1.63. The van der Waals surface area contributed by atoms with Gasteiger partial charge in [0, 0.05) is 0 Å². The van der Waals surface area contributed by atoms with Crippen LogP contribution in [0.5, 0.6) is 0 Å². The quantitative estimate of drug-likeness (QED) is 0.234. The van der Waals surface area contributed by atoms with Crippen molar-refractivity contribution in [3.8, 4) is 0 Å². The van der Waals surface area contributed by atoms with Crippen LogP contribution in [0.3, 0.4) is 0 Å². The largest absolute Gasteiger partial charge is 0.388 e. The molecule has 11 heteroatoms. The summed E-state index contributed by atoms with van der Waals surface area (Å²) >= 11 is 0. The number of hydrogen-bond donors (Lipinski definition) is 6. The first kappa shape index (κ1) is 28.3. The lowest BCUT2D eigenvalue weighted by Crippen LogP contribution is -2.61. The van der Waals surface area contributed by atoms with Gasteiger partial charge in [0.1, 0.15) is 42.7 Å². The molecular weight excluding hydrogens is 464 g/mol. The topological polar surface area (TPSA) is 175 Å². The molecule has 0 spiro atoms. The standard InChI is InChI=1S/C24H38O11/c1-11(25)5-6-13-12(2)15(7-8-24(13,3)4)34-23-21(31)19(29)18(28)16(35-23)10-33-22-20(30)17(27)14(26)9-32-22/h5-6,14-23,26-31H,7-10H2,1-4H3/b6-5+/t14-,15-,16+,17-,18+,19-,20+,21+,22-,23+/m0/s1. The third kappa shape index (κ3) is 6.37. The van der Waals surface area contributed by atoms with Gasteiger partial charge in [-0.25, -0.2) is 0 Å². The smallest absolute Gasteiger partial charge is 0.187 e. The van der Waals surface area contributed by atoms with E-state index in [-0.39, 0.29) is 24.4 Å². The number of aliphatic hydroxyl groups is 6.